The molecule has 0 aromatic carbocycles. The number of hydrogen-bond acceptors (Lipinski definition) is 3. The Morgan fingerprint density at radius 2 is 1.80 bits per heavy atom. The molecule has 0 saturated carbocycles. The van der Waals surface area contributed by atoms with E-state index >= 15 is 0 Å². The molecule has 0 atom stereocenters. The first-order valence-electron chi connectivity index (χ1n) is 7.47. The minimum absolute atomic E-state index is 0.0865. The standard InChI is InChI=1S/C17H30N2O/c1-8-14-15(10-9-13(2)19-14)20-12-17(6,7)11-18-16(3,4)5/h9-10,18H,8,11-12H2,1-7H3. The van der Waals surface area contributed by atoms with Crippen LogP contribution in [0.5, 0.6) is 5.75 Å². The van der Waals surface area contributed by atoms with Crippen molar-refractivity contribution in [1.29, 1.82) is 0 Å². The molecule has 1 N–H and O–H groups in total. The molecule has 0 radical (unpaired) electrons. The van der Waals surface area contributed by atoms with E-state index in [-0.39, 0.29) is 11.0 Å². The number of rotatable bonds is 6. The van der Waals surface area contributed by atoms with Crippen molar-refractivity contribution < 1.29 is 4.74 Å². The molecule has 1 heterocycles. The maximum absolute atomic E-state index is 6.01. The van der Waals surface area contributed by atoms with Gasteiger partial charge in [-0.1, -0.05) is 20.8 Å². The van der Waals surface area contributed by atoms with Crippen LogP contribution in [-0.4, -0.2) is 23.7 Å². The van der Waals surface area contributed by atoms with Gasteiger partial charge in [0.25, 0.3) is 0 Å². The Bertz CT molecular complexity index is 433. The molecule has 0 fully saturated rings. The van der Waals surface area contributed by atoms with Crippen LogP contribution in [0.15, 0.2) is 12.1 Å². The number of hydrogen-bond donors (Lipinski definition) is 1. The van der Waals surface area contributed by atoms with Crippen molar-refractivity contribution in [1.82, 2.24) is 10.3 Å². The SMILES string of the molecule is CCc1nc(C)ccc1OCC(C)(C)CNC(C)(C)C. The molecule has 0 bridgehead atoms. The lowest BCUT2D eigenvalue weighted by atomic mass is 9.93. The topological polar surface area (TPSA) is 34.1 Å². The van der Waals surface area contributed by atoms with Crippen LogP contribution in [0.3, 0.4) is 0 Å². The molecule has 0 amide bonds. The third-order valence-corrected chi connectivity index (χ3v) is 3.12. The Morgan fingerprint density at radius 1 is 1.15 bits per heavy atom. The summed E-state index contributed by atoms with van der Waals surface area (Å²) in [4.78, 5) is 4.54. The van der Waals surface area contributed by atoms with Gasteiger partial charge in [0.15, 0.2) is 0 Å². The van der Waals surface area contributed by atoms with E-state index in [2.05, 4.69) is 51.8 Å². The second-order valence-corrected chi connectivity index (χ2v) is 7.31. The zero-order chi connectivity index (χ0) is 15.4. The van der Waals surface area contributed by atoms with E-state index in [1.54, 1.807) is 0 Å². The average Bonchev–Trinajstić information content (AvgIpc) is 2.34. The van der Waals surface area contributed by atoms with Crippen molar-refractivity contribution >= 4 is 0 Å². The van der Waals surface area contributed by atoms with Crippen LogP contribution in [0, 0.1) is 12.3 Å². The van der Waals surface area contributed by atoms with Gasteiger partial charge in [-0.2, -0.15) is 0 Å². The lowest BCUT2D eigenvalue weighted by molar-refractivity contribution is 0.164. The van der Waals surface area contributed by atoms with Gasteiger partial charge in [-0.05, 0) is 46.2 Å². The molecule has 3 nitrogen and oxygen atoms in total. The third kappa shape index (κ3) is 5.91. The Hall–Kier alpha value is -1.09. The van der Waals surface area contributed by atoms with Gasteiger partial charge in [-0.25, -0.2) is 0 Å². The normalized spacial score (nSPS) is 12.6. The molecule has 0 unspecified atom stereocenters. The molecular formula is C17H30N2O. The predicted molar refractivity (Wildman–Crippen MR) is 85.4 cm³/mol. The molecule has 0 aliphatic rings. The van der Waals surface area contributed by atoms with Gasteiger partial charge in [0.2, 0.25) is 0 Å². The number of pyridine rings is 1. The Morgan fingerprint density at radius 3 is 2.35 bits per heavy atom. The molecule has 0 spiro atoms. The minimum atomic E-state index is 0.0865. The van der Waals surface area contributed by atoms with Gasteiger partial charge >= 0.3 is 0 Å². The summed E-state index contributed by atoms with van der Waals surface area (Å²) in [6.07, 6.45) is 0.900. The fraction of sp³-hybridized carbons (Fsp3) is 0.706. The van der Waals surface area contributed by atoms with Crippen LogP contribution in [0.2, 0.25) is 0 Å². The van der Waals surface area contributed by atoms with Crippen LogP contribution < -0.4 is 10.1 Å². The van der Waals surface area contributed by atoms with E-state index in [9.17, 15) is 0 Å². The summed E-state index contributed by atoms with van der Waals surface area (Å²) in [6, 6.07) is 4.04. The summed E-state index contributed by atoms with van der Waals surface area (Å²) in [7, 11) is 0. The highest BCUT2D eigenvalue weighted by molar-refractivity contribution is 5.29. The van der Waals surface area contributed by atoms with Gasteiger partial charge in [-0.3, -0.25) is 4.98 Å². The summed E-state index contributed by atoms with van der Waals surface area (Å²) in [5, 5.41) is 3.54. The third-order valence-electron chi connectivity index (χ3n) is 3.12. The highest BCUT2D eigenvalue weighted by Gasteiger charge is 2.22. The van der Waals surface area contributed by atoms with Crippen LogP contribution in [0.4, 0.5) is 0 Å². The Labute approximate surface area is 124 Å². The minimum Gasteiger partial charge on any atom is -0.491 e. The molecule has 1 rings (SSSR count). The Kier molecular flexibility index (Phi) is 5.58. The molecule has 0 aliphatic heterocycles. The summed E-state index contributed by atoms with van der Waals surface area (Å²) in [6.45, 7) is 16.7. The average molecular weight is 278 g/mol. The smallest absolute Gasteiger partial charge is 0.140 e. The lowest BCUT2D eigenvalue weighted by Gasteiger charge is -2.30. The van der Waals surface area contributed by atoms with E-state index in [1.807, 2.05) is 19.1 Å². The number of aryl methyl sites for hydroxylation is 2. The van der Waals surface area contributed by atoms with Crippen molar-refractivity contribution in [2.75, 3.05) is 13.2 Å². The van der Waals surface area contributed by atoms with E-state index in [0.717, 1.165) is 30.1 Å². The fourth-order valence-electron chi connectivity index (χ4n) is 1.81. The van der Waals surface area contributed by atoms with E-state index in [0.29, 0.717) is 6.61 Å². The van der Waals surface area contributed by atoms with E-state index in [1.165, 1.54) is 0 Å². The zero-order valence-electron chi connectivity index (χ0n) is 14.1. The molecule has 114 valence electrons. The van der Waals surface area contributed by atoms with Gasteiger partial charge in [0.05, 0.1) is 12.3 Å². The van der Waals surface area contributed by atoms with E-state index < -0.39 is 0 Å². The maximum atomic E-state index is 6.01. The first-order chi connectivity index (χ1) is 9.13. The lowest BCUT2D eigenvalue weighted by Crippen LogP contribution is -2.43. The van der Waals surface area contributed by atoms with Gasteiger partial charge in [0, 0.05) is 23.2 Å². The Balaban J connectivity index is 2.61. The van der Waals surface area contributed by atoms with Crippen LogP contribution >= 0.6 is 0 Å². The first kappa shape index (κ1) is 17.0. The summed E-state index contributed by atoms with van der Waals surface area (Å²) in [5.41, 5.74) is 2.31. The summed E-state index contributed by atoms with van der Waals surface area (Å²) in [5.74, 6) is 0.918. The van der Waals surface area contributed by atoms with Gasteiger partial charge < -0.3 is 10.1 Å². The van der Waals surface area contributed by atoms with Crippen molar-refractivity contribution in [3.8, 4) is 5.75 Å². The fourth-order valence-corrected chi connectivity index (χ4v) is 1.81. The van der Waals surface area contributed by atoms with Crippen molar-refractivity contribution in [2.45, 2.75) is 60.4 Å². The molecule has 20 heavy (non-hydrogen) atoms. The molecule has 0 aliphatic carbocycles. The number of nitrogens with one attached hydrogen (secondary N) is 1. The van der Waals surface area contributed by atoms with Crippen molar-refractivity contribution in [3.05, 3.63) is 23.5 Å². The first-order valence-corrected chi connectivity index (χ1v) is 7.47. The largest absolute Gasteiger partial charge is 0.491 e. The summed E-state index contributed by atoms with van der Waals surface area (Å²) >= 11 is 0. The van der Waals surface area contributed by atoms with Crippen LogP contribution in [0.25, 0.3) is 0 Å². The molecule has 1 aromatic heterocycles. The predicted octanol–water partition coefficient (Wildman–Crippen LogP) is 3.75. The van der Waals surface area contributed by atoms with Crippen molar-refractivity contribution in [3.63, 3.8) is 0 Å². The monoisotopic (exact) mass is 278 g/mol. The number of ether oxygens (including phenoxy) is 1. The van der Waals surface area contributed by atoms with Crippen LogP contribution in [0.1, 0.15) is 52.9 Å². The van der Waals surface area contributed by atoms with E-state index in [4.69, 9.17) is 4.74 Å². The molecule has 0 saturated heterocycles. The quantitative estimate of drug-likeness (QED) is 0.860. The molecule has 3 heteroatoms. The molecular weight excluding hydrogens is 248 g/mol. The zero-order valence-corrected chi connectivity index (χ0v) is 14.1. The van der Waals surface area contributed by atoms with Gasteiger partial charge in [0.1, 0.15) is 5.75 Å². The number of nitrogens with zero attached hydrogens (tertiary/aromatic N) is 1. The van der Waals surface area contributed by atoms with Crippen LogP contribution in [-0.2, 0) is 6.42 Å². The molecule has 1 aromatic rings. The second-order valence-electron chi connectivity index (χ2n) is 7.31. The maximum Gasteiger partial charge on any atom is 0.140 e. The summed E-state index contributed by atoms with van der Waals surface area (Å²) < 4.78 is 6.01. The highest BCUT2D eigenvalue weighted by atomic mass is 16.5. The van der Waals surface area contributed by atoms with Gasteiger partial charge in [-0.15, -0.1) is 0 Å². The van der Waals surface area contributed by atoms with Crippen molar-refractivity contribution in [2.24, 2.45) is 5.41 Å². The second kappa shape index (κ2) is 6.57. The number of aromatic nitrogens is 1. The highest BCUT2D eigenvalue weighted by Crippen LogP contribution is 2.22.